The van der Waals surface area contributed by atoms with Crippen LogP contribution < -0.4 is 0 Å². The zero-order chi connectivity index (χ0) is 18.3. The molecular weight excluding hydrogens is 322 g/mol. The Morgan fingerprint density at radius 2 is 1.73 bits per heavy atom. The predicted molar refractivity (Wildman–Crippen MR) is 105 cm³/mol. The molecule has 0 fully saturated rings. The van der Waals surface area contributed by atoms with Crippen LogP contribution in [0, 0.1) is 0 Å². The van der Waals surface area contributed by atoms with Crippen LogP contribution >= 0.6 is 0 Å². The maximum atomic E-state index is 12.9. The molecule has 0 amide bonds. The minimum atomic E-state index is -0.503. The van der Waals surface area contributed by atoms with Crippen LogP contribution in [0.2, 0.25) is 0 Å². The van der Waals surface area contributed by atoms with Crippen LogP contribution in [0.4, 0.5) is 4.79 Å². The third kappa shape index (κ3) is 3.03. The third-order valence-corrected chi connectivity index (χ3v) is 5.12. The minimum absolute atomic E-state index is 0.270. The Labute approximate surface area is 154 Å². The van der Waals surface area contributed by atoms with Crippen molar-refractivity contribution in [1.82, 2.24) is 4.57 Å². The lowest BCUT2D eigenvalue weighted by Crippen LogP contribution is -2.28. The van der Waals surface area contributed by atoms with Crippen molar-refractivity contribution in [1.29, 1.82) is 0 Å². The van der Waals surface area contributed by atoms with Gasteiger partial charge in [-0.2, -0.15) is 0 Å². The van der Waals surface area contributed by atoms with Crippen LogP contribution in [-0.4, -0.2) is 16.3 Å². The maximum Gasteiger partial charge on any atom is 0.419 e. The second kappa shape index (κ2) is 6.31. The molecule has 2 aromatic carbocycles. The van der Waals surface area contributed by atoms with Crippen LogP contribution in [0.25, 0.3) is 10.9 Å². The Kier molecular flexibility index (Phi) is 4.10. The first-order valence-electron chi connectivity index (χ1n) is 9.33. The molecule has 0 radical (unpaired) electrons. The van der Waals surface area contributed by atoms with E-state index in [1.807, 2.05) is 39.0 Å². The van der Waals surface area contributed by atoms with E-state index in [1.165, 1.54) is 16.5 Å². The van der Waals surface area contributed by atoms with E-state index in [4.69, 9.17) is 4.74 Å². The molecule has 3 nitrogen and oxygen atoms in total. The summed E-state index contributed by atoms with van der Waals surface area (Å²) >= 11 is 0. The zero-order valence-electron chi connectivity index (χ0n) is 15.7. The Morgan fingerprint density at radius 3 is 2.46 bits per heavy atom. The fourth-order valence-corrected chi connectivity index (χ4v) is 4.04. The molecule has 0 bridgehead atoms. The van der Waals surface area contributed by atoms with Crippen molar-refractivity contribution in [3.05, 3.63) is 71.4 Å². The first-order valence-corrected chi connectivity index (χ1v) is 9.33. The summed E-state index contributed by atoms with van der Waals surface area (Å²) in [6.07, 6.45) is 2.64. The molecule has 3 aromatic rings. The van der Waals surface area contributed by atoms with Gasteiger partial charge in [0, 0.05) is 11.1 Å². The summed E-state index contributed by atoms with van der Waals surface area (Å²) in [5.41, 5.74) is 4.25. The highest BCUT2D eigenvalue weighted by Crippen LogP contribution is 2.38. The maximum absolute atomic E-state index is 12.9. The van der Waals surface area contributed by atoms with Crippen molar-refractivity contribution in [2.24, 2.45) is 0 Å². The summed E-state index contributed by atoms with van der Waals surface area (Å²) < 4.78 is 7.49. The van der Waals surface area contributed by atoms with Crippen molar-refractivity contribution in [2.45, 2.75) is 51.6 Å². The highest BCUT2D eigenvalue weighted by atomic mass is 16.6. The fourth-order valence-electron chi connectivity index (χ4n) is 4.04. The molecule has 1 aliphatic carbocycles. The van der Waals surface area contributed by atoms with Crippen molar-refractivity contribution < 1.29 is 9.53 Å². The zero-order valence-corrected chi connectivity index (χ0v) is 15.7. The molecule has 1 aliphatic rings. The van der Waals surface area contributed by atoms with Crippen LogP contribution in [0.5, 0.6) is 0 Å². The Bertz CT molecular complexity index is 947. The summed E-state index contributed by atoms with van der Waals surface area (Å²) in [4.78, 5) is 12.9. The number of para-hydroxylation sites is 1. The molecule has 0 aliphatic heterocycles. The van der Waals surface area contributed by atoms with E-state index in [2.05, 4.69) is 36.4 Å². The summed E-state index contributed by atoms with van der Waals surface area (Å²) in [5.74, 6) is 0.501. The smallest absolute Gasteiger partial charge is 0.419 e. The van der Waals surface area contributed by atoms with Crippen molar-refractivity contribution in [3.8, 4) is 0 Å². The number of carbonyl (C=O) groups excluding carboxylic acids is 1. The number of nitrogens with zero attached hydrogens (tertiary/aromatic N) is 1. The minimum Gasteiger partial charge on any atom is -0.443 e. The first kappa shape index (κ1) is 16.9. The lowest BCUT2D eigenvalue weighted by molar-refractivity contribution is 0.0539. The largest absolute Gasteiger partial charge is 0.443 e. The molecule has 0 saturated carbocycles. The van der Waals surface area contributed by atoms with E-state index in [-0.39, 0.29) is 6.09 Å². The lowest BCUT2D eigenvalue weighted by atomic mass is 9.82. The molecule has 26 heavy (non-hydrogen) atoms. The molecule has 0 N–H and O–H groups in total. The van der Waals surface area contributed by atoms with Gasteiger partial charge in [0.15, 0.2) is 0 Å². The second-order valence-electron chi connectivity index (χ2n) is 8.11. The summed E-state index contributed by atoms with van der Waals surface area (Å²) in [6, 6.07) is 18.9. The monoisotopic (exact) mass is 347 g/mol. The van der Waals surface area contributed by atoms with Crippen molar-refractivity contribution in [2.75, 3.05) is 0 Å². The van der Waals surface area contributed by atoms with Gasteiger partial charge in [0.1, 0.15) is 5.60 Å². The van der Waals surface area contributed by atoms with E-state index in [0.29, 0.717) is 5.92 Å². The van der Waals surface area contributed by atoms with E-state index in [9.17, 15) is 4.79 Å². The molecule has 1 atom stereocenters. The Hall–Kier alpha value is -2.55. The summed E-state index contributed by atoms with van der Waals surface area (Å²) in [7, 11) is 0. The molecule has 0 saturated heterocycles. The molecule has 1 aromatic heterocycles. The van der Waals surface area contributed by atoms with Crippen molar-refractivity contribution in [3.63, 3.8) is 0 Å². The van der Waals surface area contributed by atoms with Crippen LogP contribution in [0.1, 0.15) is 49.9 Å². The van der Waals surface area contributed by atoms with Gasteiger partial charge in [-0.25, -0.2) is 9.36 Å². The van der Waals surface area contributed by atoms with Gasteiger partial charge in [-0.15, -0.1) is 0 Å². The molecule has 134 valence electrons. The number of ether oxygens (including phenoxy) is 1. The summed E-state index contributed by atoms with van der Waals surface area (Å²) in [6.45, 7) is 5.73. The number of benzene rings is 2. The summed E-state index contributed by atoms with van der Waals surface area (Å²) in [5, 5.41) is 1.17. The number of carbonyl (C=O) groups is 1. The quantitative estimate of drug-likeness (QED) is 0.565. The number of hydrogen-bond donors (Lipinski definition) is 0. The lowest BCUT2D eigenvalue weighted by Gasteiger charge is -2.25. The standard InChI is InChI=1S/C23H25NO2/c1-23(2,3)26-22(25)24-20-12-8-7-11-18(20)19-15-17(13-14-21(19)24)16-9-5-4-6-10-16/h4-12,17H,13-15H2,1-3H3. The number of fused-ring (bicyclic) bond motifs is 3. The highest BCUT2D eigenvalue weighted by molar-refractivity contribution is 5.94. The van der Waals surface area contributed by atoms with Gasteiger partial charge in [-0.05, 0) is 63.1 Å². The molecule has 1 unspecified atom stereocenters. The molecule has 4 rings (SSSR count). The average Bonchev–Trinajstić information content (AvgIpc) is 2.95. The van der Waals surface area contributed by atoms with Crippen LogP contribution in [-0.2, 0) is 17.6 Å². The Balaban J connectivity index is 1.79. The molecule has 1 heterocycles. The van der Waals surface area contributed by atoms with Crippen molar-refractivity contribution >= 4 is 17.0 Å². The second-order valence-corrected chi connectivity index (χ2v) is 8.11. The van der Waals surface area contributed by atoms with Gasteiger partial charge >= 0.3 is 6.09 Å². The van der Waals surface area contributed by atoms with Gasteiger partial charge in [-0.1, -0.05) is 48.5 Å². The third-order valence-electron chi connectivity index (χ3n) is 5.12. The number of aromatic nitrogens is 1. The highest BCUT2D eigenvalue weighted by Gasteiger charge is 2.30. The Morgan fingerprint density at radius 1 is 1.04 bits per heavy atom. The molecule has 3 heteroatoms. The van der Waals surface area contributed by atoms with E-state index < -0.39 is 5.60 Å². The van der Waals surface area contributed by atoms with Gasteiger partial charge in [-0.3, -0.25) is 0 Å². The fraction of sp³-hybridized carbons (Fsp3) is 0.348. The van der Waals surface area contributed by atoms with Gasteiger partial charge in [0.2, 0.25) is 0 Å². The SMILES string of the molecule is CC(C)(C)OC(=O)n1c2c(c3ccccc31)CC(c1ccccc1)CC2. The predicted octanol–water partition coefficient (Wildman–Crippen LogP) is 5.70. The van der Waals surface area contributed by atoms with Gasteiger partial charge in [0.05, 0.1) is 5.52 Å². The number of hydrogen-bond acceptors (Lipinski definition) is 2. The van der Waals surface area contributed by atoms with E-state index in [1.54, 1.807) is 4.57 Å². The molecular formula is C23H25NO2. The van der Waals surface area contributed by atoms with Crippen LogP contribution in [0.3, 0.4) is 0 Å². The van der Waals surface area contributed by atoms with Crippen LogP contribution in [0.15, 0.2) is 54.6 Å². The van der Waals surface area contributed by atoms with E-state index >= 15 is 0 Å². The first-order chi connectivity index (χ1) is 12.4. The normalized spacial score (nSPS) is 17.1. The van der Waals surface area contributed by atoms with Gasteiger partial charge in [0.25, 0.3) is 0 Å². The average molecular weight is 347 g/mol. The molecule has 0 spiro atoms. The van der Waals surface area contributed by atoms with E-state index in [0.717, 1.165) is 30.5 Å². The van der Waals surface area contributed by atoms with Gasteiger partial charge < -0.3 is 4.74 Å². The topological polar surface area (TPSA) is 31.2 Å². The number of rotatable bonds is 1.